The molecule has 0 bridgehead atoms. The highest BCUT2D eigenvalue weighted by Gasteiger charge is 2.37. The van der Waals surface area contributed by atoms with Gasteiger partial charge in [-0.05, 0) is 75.2 Å². The predicted molar refractivity (Wildman–Crippen MR) is 272 cm³/mol. The summed E-state index contributed by atoms with van der Waals surface area (Å²) in [7, 11) is 3.44. The molecule has 1 heterocycles. The molecule has 0 aliphatic rings. The van der Waals surface area contributed by atoms with Crippen molar-refractivity contribution in [3.8, 4) is 0 Å². The predicted octanol–water partition coefficient (Wildman–Crippen LogP) is -0.594. The molecular weight excluding hydrogens is 967 g/mol. The molecule has 1 aromatic carbocycles. The Morgan fingerprint density at radius 2 is 1.51 bits per heavy atom. The Labute approximate surface area is 422 Å². The molecule has 1 unspecified atom stereocenters. The van der Waals surface area contributed by atoms with Crippen molar-refractivity contribution in [2.45, 2.75) is 128 Å². The van der Waals surface area contributed by atoms with Crippen LogP contribution in [-0.4, -0.2) is 160 Å². The lowest BCUT2D eigenvalue weighted by Gasteiger charge is -2.28. The number of aromatic nitrogens is 1. The van der Waals surface area contributed by atoms with Crippen LogP contribution in [0.2, 0.25) is 0 Å². The summed E-state index contributed by atoms with van der Waals surface area (Å²) < 4.78 is 2.87. The zero-order valence-electron chi connectivity index (χ0n) is 41.1. The molecule has 2 aromatic rings. The number of nitrogens with two attached hydrogens (primary N) is 1. The monoisotopic (exact) mass is 1040 g/mol. The number of hydrogen-bond donors (Lipinski definition) is 13. The van der Waals surface area contributed by atoms with E-state index >= 15 is 0 Å². The standard InChI is InChI=1S/C46H73N9O12S3/c1-24(2)39(61)40(62)36(69-70-55-35(23-68)44(66)51-21-37(60)54-38(26(4)58)42(47)64)18-27(13-14-29(59)20-50-31(25(3)57)15-16-48-8)43(65)52-33(17-28-19-49-32-12-10-9-11-30(28)32)45(67)53-34(22-56)41(63)46(5,6)7/h9-12,19,24,26-27,31,33-36,38-39,48-50,55-56,58,61,68H,13-18,20-23H2,1-8H3,(H2,47,64)(H,51,66)(H,52,65)(H,53,67)(H,54,60)/t26-,27+,31+,33+,34+,35+,36?,38+,39+/m1/s1. The highest BCUT2D eigenvalue weighted by Crippen LogP contribution is 2.33. The quantitative estimate of drug-likeness (QED) is 0.0237. The smallest absolute Gasteiger partial charge is 0.243 e. The number of benzene rings is 1. The van der Waals surface area contributed by atoms with Gasteiger partial charge in [-0.3, -0.25) is 43.2 Å². The zero-order chi connectivity index (χ0) is 52.9. The maximum absolute atomic E-state index is 14.7. The number of ketones is 4. The first-order valence-corrected chi connectivity index (χ1v) is 25.9. The summed E-state index contributed by atoms with van der Waals surface area (Å²) in [6.07, 6.45) is -1.41. The van der Waals surface area contributed by atoms with Crippen molar-refractivity contribution in [1.29, 1.82) is 0 Å². The topological polar surface area (TPSA) is 340 Å². The zero-order valence-corrected chi connectivity index (χ0v) is 43.6. The Kier molecular flexibility index (Phi) is 26.9. The van der Waals surface area contributed by atoms with E-state index in [0.29, 0.717) is 18.5 Å². The molecule has 9 atom stereocenters. The van der Waals surface area contributed by atoms with Crippen molar-refractivity contribution in [2.75, 3.05) is 39.0 Å². The maximum Gasteiger partial charge on any atom is 0.243 e. The molecule has 5 amide bonds. The summed E-state index contributed by atoms with van der Waals surface area (Å²) in [5.41, 5.74) is 5.68. The van der Waals surface area contributed by atoms with Gasteiger partial charge in [0.25, 0.3) is 0 Å². The van der Waals surface area contributed by atoms with Gasteiger partial charge >= 0.3 is 0 Å². The molecule has 0 saturated heterocycles. The van der Waals surface area contributed by atoms with Gasteiger partial charge < -0.3 is 57.9 Å². The van der Waals surface area contributed by atoms with Gasteiger partial charge in [0.1, 0.15) is 41.8 Å². The average Bonchev–Trinajstić information content (AvgIpc) is 3.71. The van der Waals surface area contributed by atoms with Crippen LogP contribution < -0.4 is 42.4 Å². The Morgan fingerprint density at radius 3 is 2.09 bits per heavy atom. The molecule has 0 spiro atoms. The molecule has 13 N–H and O–H groups in total. The number of aliphatic hydroxyl groups is 3. The van der Waals surface area contributed by atoms with Crippen molar-refractivity contribution in [3.05, 3.63) is 36.0 Å². The van der Waals surface area contributed by atoms with Gasteiger partial charge in [0.2, 0.25) is 29.5 Å². The first-order chi connectivity index (χ1) is 32.9. The summed E-state index contributed by atoms with van der Waals surface area (Å²) in [6.45, 7) is 9.81. The first kappa shape index (κ1) is 61.7. The molecule has 0 saturated carbocycles. The van der Waals surface area contributed by atoms with Gasteiger partial charge in [0, 0.05) is 47.0 Å². The molecule has 1 aromatic heterocycles. The molecule has 0 aliphatic carbocycles. The van der Waals surface area contributed by atoms with Crippen molar-refractivity contribution < 1.29 is 58.5 Å². The van der Waals surface area contributed by atoms with Gasteiger partial charge in [-0.25, -0.2) is 4.72 Å². The minimum Gasteiger partial charge on any atom is -0.394 e. The van der Waals surface area contributed by atoms with Crippen molar-refractivity contribution in [3.63, 3.8) is 0 Å². The number of primary amides is 1. The van der Waals surface area contributed by atoms with Gasteiger partial charge in [0.05, 0.1) is 37.1 Å². The minimum atomic E-state index is -1.50. The number of aromatic amines is 1. The second-order valence-electron chi connectivity index (χ2n) is 18.4. The van der Waals surface area contributed by atoms with Gasteiger partial charge in [-0.1, -0.05) is 63.6 Å². The third-order valence-corrected chi connectivity index (χ3v) is 14.0. The third-order valence-electron chi connectivity index (χ3n) is 11.3. The maximum atomic E-state index is 14.7. The molecular formula is C46H73N9O12S3. The van der Waals surface area contributed by atoms with E-state index in [4.69, 9.17) is 5.73 Å². The van der Waals surface area contributed by atoms with Gasteiger partial charge in [-0.2, -0.15) is 12.6 Å². The molecule has 21 nitrogen and oxygen atoms in total. The fourth-order valence-electron chi connectivity index (χ4n) is 7.01. The number of thiol groups is 1. The number of fused-ring (bicyclic) bond motifs is 1. The van der Waals surface area contributed by atoms with Gasteiger partial charge in [0.15, 0.2) is 11.6 Å². The Hall–Kier alpha value is -4.40. The van der Waals surface area contributed by atoms with Crippen LogP contribution in [0.4, 0.5) is 0 Å². The molecule has 0 radical (unpaired) electrons. The number of Topliss-reactive ketones (excluding diaryl/α,β-unsaturated/α-hetero) is 4. The van der Waals surface area contributed by atoms with Crippen LogP contribution in [-0.2, 0) is 49.6 Å². The van der Waals surface area contributed by atoms with Crippen LogP contribution in [0.25, 0.3) is 10.9 Å². The second-order valence-corrected chi connectivity index (χ2v) is 21.1. The molecule has 70 heavy (non-hydrogen) atoms. The van der Waals surface area contributed by atoms with Crippen LogP contribution in [0.3, 0.4) is 0 Å². The van der Waals surface area contributed by atoms with Crippen LogP contribution in [0.15, 0.2) is 30.5 Å². The summed E-state index contributed by atoms with van der Waals surface area (Å²) in [4.78, 5) is 122. The molecule has 24 heteroatoms. The Morgan fingerprint density at radius 1 is 0.857 bits per heavy atom. The number of rotatable bonds is 34. The van der Waals surface area contributed by atoms with E-state index < -0.39 is 119 Å². The lowest BCUT2D eigenvalue weighted by atomic mass is 9.86. The summed E-state index contributed by atoms with van der Waals surface area (Å²) in [6, 6.07) is 1.54. The lowest BCUT2D eigenvalue weighted by Crippen LogP contribution is -2.56. The number of aliphatic hydroxyl groups excluding tert-OH is 3. The van der Waals surface area contributed by atoms with Crippen LogP contribution in [0.1, 0.15) is 79.7 Å². The number of amides is 5. The SMILES string of the molecule is CNCC[C@H](NCC(=O)CC[C@@H](CC(SSN[C@@H](CS)C(=O)NCC(=O)N[C@H](C(N)=O)[C@@H](C)O)C(=O)[C@@H](O)C(C)C)C(=O)N[C@@H](Cc1c[nH]c2ccccc12)C(=O)N[C@@H](CO)C(=O)C(C)(C)C)C(C)=O. The number of hydrogen-bond acceptors (Lipinski definition) is 18. The molecule has 0 aliphatic heterocycles. The second kappa shape index (κ2) is 30.5. The van der Waals surface area contributed by atoms with E-state index in [-0.39, 0.29) is 49.5 Å². The van der Waals surface area contributed by atoms with E-state index in [2.05, 4.69) is 54.2 Å². The highest BCUT2D eigenvalue weighted by atomic mass is 33.1. The van der Waals surface area contributed by atoms with Gasteiger partial charge in [-0.15, -0.1) is 0 Å². The Balaban J connectivity index is 2.52. The van der Waals surface area contributed by atoms with E-state index in [9.17, 15) is 58.5 Å². The fraction of sp³-hybridized carbons (Fsp3) is 0.630. The fourth-order valence-corrected chi connectivity index (χ4v) is 9.79. The average molecular weight is 1040 g/mol. The highest BCUT2D eigenvalue weighted by molar-refractivity contribution is 8.76. The summed E-state index contributed by atoms with van der Waals surface area (Å²) >= 11 is 4.24. The lowest BCUT2D eigenvalue weighted by molar-refractivity contribution is -0.135. The molecule has 2 rings (SSSR count). The van der Waals surface area contributed by atoms with Crippen molar-refractivity contribution >= 4 is 98.0 Å². The number of para-hydroxylation sites is 1. The number of nitrogens with one attached hydrogen (secondary N) is 8. The third kappa shape index (κ3) is 20.4. The summed E-state index contributed by atoms with van der Waals surface area (Å²) in [5, 5.41) is 46.6. The Bertz CT molecular complexity index is 2100. The van der Waals surface area contributed by atoms with Crippen LogP contribution >= 0.6 is 34.4 Å². The van der Waals surface area contributed by atoms with E-state index in [1.165, 1.54) is 13.8 Å². The van der Waals surface area contributed by atoms with Crippen molar-refractivity contribution in [2.24, 2.45) is 23.0 Å². The summed E-state index contributed by atoms with van der Waals surface area (Å²) in [5.74, 6) is -7.51. The van der Waals surface area contributed by atoms with E-state index in [0.717, 1.165) is 32.7 Å². The van der Waals surface area contributed by atoms with Crippen molar-refractivity contribution in [1.82, 2.24) is 41.6 Å². The first-order valence-electron chi connectivity index (χ1n) is 23.0. The minimum absolute atomic E-state index is 0.0812. The largest absolute Gasteiger partial charge is 0.394 e. The number of carbonyl (C=O) groups is 9. The number of carbonyl (C=O) groups excluding carboxylic acids is 9. The normalized spacial score (nSPS) is 15.6. The van der Waals surface area contributed by atoms with Crippen LogP contribution in [0, 0.1) is 17.3 Å². The van der Waals surface area contributed by atoms with E-state index in [1.807, 2.05) is 18.2 Å². The van der Waals surface area contributed by atoms with Crippen LogP contribution in [0.5, 0.6) is 0 Å². The van der Waals surface area contributed by atoms with E-state index in [1.54, 1.807) is 53.9 Å². The molecule has 0 fully saturated rings. The number of H-pyrrole nitrogens is 1. The molecule has 392 valence electrons.